The van der Waals surface area contributed by atoms with E-state index >= 15 is 0 Å². The Morgan fingerprint density at radius 1 is 1.07 bits per heavy atom. The van der Waals surface area contributed by atoms with Crippen molar-refractivity contribution in [2.75, 3.05) is 0 Å². The summed E-state index contributed by atoms with van der Waals surface area (Å²) in [5, 5.41) is 9.60. The molecule has 0 bridgehead atoms. The minimum atomic E-state index is -0.492. The van der Waals surface area contributed by atoms with Crippen molar-refractivity contribution in [3.63, 3.8) is 0 Å². The smallest absolute Gasteiger partial charge is 0.344 e. The summed E-state index contributed by atoms with van der Waals surface area (Å²) in [6.45, 7) is 0. The largest absolute Gasteiger partial charge is 0.440 e. The van der Waals surface area contributed by atoms with Crippen molar-refractivity contribution in [2.45, 2.75) is 5.92 Å². The van der Waals surface area contributed by atoms with E-state index in [0.29, 0.717) is 27.1 Å². The highest BCUT2D eigenvalue weighted by atomic mass is 79.9. The average molecular weight is 447 g/mol. The molecule has 6 heteroatoms. The molecule has 1 heterocycles. The molecule has 4 rings (SSSR count). The molecule has 3 aromatic carbocycles. The number of carbonyl (C=O) groups excluding carboxylic acids is 1. The number of nitrogens with two attached hydrogens (primary N) is 1. The first-order valence-corrected chi connectivity index (χ1v) is 9.61. The van der Waals surface area contributed by atoms with E-state index in [2.05, 4.69) is 22.0 Å². The third kappa shape index (κ3) is 3.60. The van der Waals surface area contributed by atoms with E-state index in [1.165, 1.54) is 0 Å². The number of hydrogen-bond acceptors (Lipinski definition) is 5. The lowest BCUT2D eigenvalue weighted by Gasteiger charge is -2.26. The van der Waals surface area contributed by atoms with Crippen LogP contribution in [-0.2, 0) is 0 Å². The van der Waals surface area contributed by atoms with Crippen LogP contribution in [0.2, 0.25) is 0 Å². The first-order chi connectivity index (χ1) is 14.1. The van der Waals surface area contributed by atoms with Gasteiger partial charge in [-0.15, -0.1) is 0 Å². The van der Waals surface area contributed by atoms with Gasteiger partial charge in [-0.3, -0.25) is 0 Å². The summed E-state index contributed by atoms with van der Waals surface area (Å²) in [7, 11) is 0. The van der Waals surface area contributed by atoms with Crippen LogP contribution in [0.25, 0.3) is 0 Å². The first-order valence-electron chi connectivity index (χ1n) is 8.81. The molecule has 0 fully saturated rings. The van der Waals surface area contributed by atoms with Crippen LogP contribution in [0, 0.1) is 11.3 Å². The second-order valence-electron chi connectivity index (χ2n) is 6.40. The summed E-state index contributed by atoms with van der Waals surface area (Å²) < 4.78 is 11.8. The lowest BCUT2D eigenvalue weighted by Crippen LogP contribution is -2.21. The molecule has 0 aliphatic carbocycles. The van der Waals surface area contributed by atoms with Crippen molar-refractivity contribution < 1.29 is 14.3 Å². The first kappa shape index (κ1) is 18.8. The van der Waals surface area contributed by atoms with Crippen LogP contribution in [0.3, 0.4) is 0 Å². The molecule has 1 aliphatic rings. The lowest BCUT2D eigenvalue weighted by molar-refractivity contribution is 0.0733. The van der Waals surface area contributed by atoms with Crippen LogP contribution in [0.15, 0.2) is 88.7 Å². The summed E-state index contributed by atoms with van der Waals surface area (Å²) in [6.07, 6.45) is 0. The van der Waals surface area contributed by atoms with Gasteiger partial charge in [0, 0.05) is 16.1 Å². The number of nitriles is 1. The summed E-state index contributed by atoms with van der Waals surface area (Å²) >= 11 is 3.35. The average Bonchev–Trinajstić information content (AvgIpc) is 2.73. The molecule has 0 unspecified atom stereocenters. The predicted molar refractivity (Wildman–Crippen MR) is 111 cm³/mol. The second kappa shape index (κ2) is 7.82. The predicted octanol–water partition coefficient (Wildman–Crippen LogP) is 4.89. The maximum Gasteiger partial charge on any atom is 0.344 e. The minimum absolute atomic E-state index is 0.0446. The molecule has 1 atom stereocenters. The minimum Gasteiger partial charge on any atom is -0.440 e. The number of fused-ring (bicyclic) bond motifs is 1. The molecule has 0 saturated heterocycles. The van der Waals surface area contributed by atoms with Gasteiger partial charge in [0.2, 0.25) is 5.88 Å². The molecule has 2 N–H and O–H groups in total. The van der Waals surface area contributed by atoms with Crippen molar-refractivity contribution in [2.24, 2.45) is 5.73 Å². The van der Waals surface area contributed by atoms with Crippen LogP contribution < -0.4 is 15.2 Å². The molecule has 29 heavy (non-hydrogen) atoms. The van der Waals surface area contributed by atoms with Gasteiger partial charge in [0.05, 0.1) is 11.5 Å². The molecule has 3 aromatic rings. The van der Waals surface area contributed by atoms with E-state index in [9.17, 15) is 10.1 Å². The quantitative estimate of drug-likeness (QED) is 0.457. The second-order valence-corrected chi connectivity index (χ2v) is 7.26. The normalized spacial score (nSPS) is 15.1. The van der Waals surface area contributed by atoms with Gasteiger partial charge in [-0.25, -0.2) is 4.79 Å². The standard InChI is InChI=1S/C23H15BrN2O3/c24-19-9-5-4-8-16(19)23(27)28-15-10-11-17-20(12-15)29-22(26)18(13-25)21(17)14-6-2-1-3-7-14/h1-12,21H,26H2/t21-/m0/s1. The molecular formula is C23H15BrN2O3. The summed E-state index contributed by atoms with van der Waals surface area (Å²) in [6, 6.07) is 23.9. The molecule has 1 aliphatic heterocycles. The number of benzene rings is 3. The zero-order valence-electron chi connectivity index (χ0n) is 15.1. The number of allylic oxidation sites excluding steroid dienone is 1. The van der Waals surface area contributed by atoms with Gasteiger partial charge in [-0.05, 0) is 39.7 Å². The fourth-order valence-electron chi connectivity index (χ4n) is 3.28. The highest BCUT2D eigenvalue weighted by Crippen LogP contribution is 2.43. The van der Waals surface area contributed by atoms with Crippen molar-refractivity contribution in [3.05, 3.63) is 105 Å². The van der Waals surface area contributed by atoms with E-state index < -0.39 is 5.97 Å². The van der Waals surface area contributed by atoms with Crippen molar-refractivity contribution in [3.8, 4) is 17.6 Å². The van der Waals surface area contributed by atoms with Crippen LogP contribution >= 0.6 is 15.9 Å². The van der Waals surface area contributed by atoms with Crippen LogP contribution in [0.5, 0.6) is 11.5 Å². The van der Waals surface area contributed by atoms with E-state index in [1.54, 1.807) is 36.4 Å². The van der Waals surface area contributed by atoms with Gasteiger partial charge >= 0.3 is 5.97 Å². The highest BCUT2D eigenvalue weighted by molar-refractivity contribution is 9.10. The summed E-state index contributed by atoms with van der Waals surface area (Å²) in [5.41, 5.74) is 8.49. The Morgan fingerprint density at radius 2 is 1.79 bits per heavy atom. The van der Waals surface area contributed by atoms with Crippen LogP contribution in [-0.4, -0.2) is 5.97 Å². The number of rotatable bonds is 3. The maximum atomic E-state index is 12.5. The molecule has 142 valence electrons. The number of ether oxygens (including phenoxy) is 2. The van der Waals surface area contributed by atoms with Crippen LogP contribution in [0.4, 0.5) is 0 Å². The van der Waals surface area contributed by atoms with Gasteiger partial charge in [0.25, 0.3) is 0 Å². The van der Waals surface area contributed by atoms with Gasteiger partial charge < -0.3 is 15.2 Å². The monoisotopic (exact) mass is 446 g/mol. The SMILES string of the molecule is N#CC1=C(N)Oc2cc(OC(=O)c3ccccc3Br)ccc2[C@@H]1c1ccccc1. The van der Waals surface area contributed by atoms with E-state index in [1.807, 2.05) is 36.4 Å². The molecule has 0 spiro atoms. The zero-order chi connectivity index (χ0) is 20.4. The summed E-state index contributed by atoms with van der Waals surface area (Å²) in [5.74, 6) is -0.0209. The number of carbonyl (C=O) groups is 1. The molecule has 0 saturated carbocycles. The molecular weight excluding hydrogens is 432 g/mol. The Bertz CT molecular complexity index is 1170. The van der Waals surface area contributed by atoms with E-state index in [-0.39, 0.29) is 11.8 Å². The zero-order valence-corrected chi connectivity index (χ0v) is 16.7. The summed E-state index contributed by atoms with van der Waals surface area (Å²) in [4.78, 5) is 12.5. The Kier molecular flexibility index (Phi) is 5.07. The van der Waals surface area contributed by atoms with Crippen molar-refractivity contribution in [1.82, 2.24) is 0 Å². The lowest BCUT2D eigenvalue weighted by atomic mass is 9.83. The number of nitrogens with zero attached hydrogens (tertiary/aromatic N) is 1. The van der Waals surface area contributed by atoms with Gasteiger partial charge in [-0.2, -0.15) is 5.26 Å². The third-order valence-corrected chi connectivity index (χ3v) is 5.32. The Balaban J connectivity index is 1.70. The van der Waals surface area contributed by atoms with Crippen molar-refractivity contribution in [1.29, 1.82) is 5.26 Å². The molecule has 0 aromatic heterocycles. The number of hydrogen-bond donors (Lipinski definition) is 1. The topological polar surface area (TPSA) is 85.3 Å². The Hall–Kier alpha value is -3.56. The van der Waals surface area contributed by atoms with E-state index in [4.69, 9.17) is 15.2 Å². The molecule has 0 radical (unpaired) electrons. The Labute approximate surface area is 176 Å². The number of esters is 1. The Morgan fingerprint density at radius 3 is 2.52 bits per heavy atom. The third-order valence-electron chi connectivity index (χ3n) is 4.63. The van der Waals surface area contributed by atoms with E-state index in [0.717, 1.165) is 11.1 Å². The van der Waals surface area contributed by atoms with Gasteiger partial charge in [0.1, 0.15) is 23.1 Å². The highest BCUT2D eigenvalue weighted by Gasteiger charge is 2.31. The van der Waals surface area contributed by atoms with Crippen LogP contribution in [0.1, 0.15) is 27.4 Å². The molecule has 0 amide bonds. The molecule has 5 nitrogen and oxygen atoms in total. The van der Waals surface area contributed by atoms with Gasteiger partial charge in [0.15, 0.2) is 0 Å². The van der Waals surface area contributed by atoms with Crippen molar-refractivity contribution >= 4 is 21.9 Å². The van der Waals surface area contributed by atoms with Gasteiger partial charge in [-0.1, -0.05) is 48.5 Å². The fourth-order valence-corrected chi connectivity index (χ4v) is 3.72. The maximum absolute atomic E-state index is 12.5. The number of halogens is 1. The fraction of sp³-hybridized carbons (Fsp3) is 0.0435.